The number of rotatable bonds is 4. The number of nitrogens with one attached hydrogen (secondary N) is 1. The van der Waals surface area contributed by atoms with Crippen molar-refractivity contribution in [2.45, 2.75) is 6.43 Å². The first kappa shape index (κ1) is 11.4. The van der Waals surface area contributed by atoms with Gasteiger partial charge in [0.2, 0.25) is 0 Å². The second-order valence-electron chi connectivity index (χ2n) is 2.81. The Labute approximate surface area is 86.0 Å². The van der Waals surface area contributed by atoms with Gasteiger partial charge in [0.15, 0.2) is 0 Å². The molecule has 1 rings (SSSR count). The second-order valence-corrected chi connectivity index (χ2v) is 2.81. The number of hydrogen-bond donors (Lipinski definition) is 1. The normalized spacial score (nSPS) is 10.1. The van der Waals surface area contributed by atoms with Crippen molar-refractivity contribution in [2.24, 2.45) is 0 Å². The molecule has 0 saturated carbocycles. The lowest BCUT2D eigenvalue weighted by Crippen LogP contribution is -2.17. The van der Waals surface area contributed by atoms with E-state index in [0.717, 1.165) is 0 Å². The first-order valence-corrected chi connectivity index (χ1v) is 4.36. The van der Waals surface area contributed by atoms with Gasteiger partial charge < -0.3 is 10.1 Å². The maximum Gasteiger partial charge on any atom is 0.272 e. The number of carbonyl (C=O) groups is 1. The van der Waals surface area contributed by atoms with Gasteiger partial charge in [0.05, 0.1) is 0 Å². The minimum Gasteiger partial charge on any atom is -0.488 e. The molecular formula is C10H11F2NO2. The van der Waals surface area contributed by atoms with Gasteiger partial charge in [-0.15, -0.1) is 0 Å². The van der Waals surface area contributed by atoms with Crippen LogP contribution in [0.15, 0.2) is 24.3 Å². The average molecular weight is 215 g/mol. The van der Waals surface area contributed by atoms with E-state index in [0.29, 0.717) is 11.3 Å². The predicted molar refractivity (Wildman–Crippen MR) is 51.3 cm³/mol. The predicted octanol–water partition coefficient (Wildman–Crippen LogP) is 1.69. The van der Waals surface area contributed by atoms with Crippen LogP contribution in [0, 0.1) is 0 Å². The molecule has 0 saturated heterocycles. The highest BCUT2D eigenvalue weighted by molar-refractivity contribution is 5.94. The Balaban J connectivity index is 2.60. The summed E-state index contributed by atoms with van der Waals surface area (Å²) < 4.78 is 28.3. The lowest BCUT2D eigenvalue weighted by Gasteiger charge is -2.05. The average Bonchev–Trinajstić information content (AvgIpc) is 2.26. The summed E-state index contributed by atoms with van der Waals surface area (Å²) in [5.74, 6) is 0.0957. The smallest absolute Gasteiger partial charge is 0.272 e. The van der Waals surface area contributed by atoms with Gasteiger partial charge in [-0.05, 0) is 24.3 Å². The van der Waals surface area contributed by atoms with E-state index in [1.54, 1.807) is 0 Å². The summed E-state index contributed by atoms with van der Waals surface area (Å²) in [6.45, 7) is -0.640. The molecule has 0 heterocycles. The molecule has 0 spiro atoms. The SMILES string of the molecule is CNC(=O)c1ccc(OCC(F)F)cc1. The van der Waals surface area contributed by atoms with Gasteiger partial charge in [-0.3, -0.25) is 4.79 Å². The van der Waals surface area contributed by atoms with Crippen LogP contribution in [0.2, 0.25) is 0 Å². The third-order valence-corrected chi connectivity index (χ3v) is 1.72. The van der Waals surface area contributed by atoms with E-state index in [1.807, 2.05) is 0 Å². The molecule has 0 bridgehead atoms. The molecule has 0 aromatic heterocycles. The van der Waals surface area contributed by atoms with Crippen molar-refractivity contribution in [3.63, 3.8) is 0 Å². The van der Waals surface area contributed by atoms with Crippen molar-refractivity contribution < 1.29 is 18.3 Å². The van der Waals surface area contributed by atoms with Gasteiger partial charge in [0.25, 0.3) is 12.3 Å². The number of carbonyl (C=O) groups excluding carboxylic acids is 1. The number of ether oxygens (including phenoxy) is 1. The quantitative estimate of drug-likeness (QED) is 0.830. The van der Waals surface area contributed by atoms with E-state index in [2.05, 4.69) is 5.32 Å². The highest BCUT2D eigenvalue weighted by atomic mass is 19.3. The minimum absolute atomic E-state index is 0.226. The van der Waals surface area contributed by atoms with E-state index >= 15 is 0 Å². The van der Waals surface area contributed by atoms with Crippen LogP contribution in [-0.2, 0) is 0 Å². The van der Waals surface area contributed by atoms with E-state index in [4.69, 9.17) is 4.74 Å². The molecule has 3 nitrogen and oxygen atoms in total. The standard InChI is InChI=1S/C10H11F2NO2/c1-13-10(14)7-2-4-8(5-3-7)15-6-9(11)12/h2-5,9H,6H2,1H3,(H,13,14). The van der Waals surface area contributed by atoms with Crippen LogP contribution in [0.3, 0.4) is 0 Å². The number of hydrogen-bond acceptors (Lipinski definition) is 2. The van der Waals surface area contributed by atoms with Crippen LogP contribution in [0.4, 0.5) is 8.78 Å². The summed E-state index contributed by atoms with van der Waals surface area (Å²) in [5, 5.41) is 2.45. The largest absolute Gasteiger partial charge is 0.488 e. The van der Waals surface area contributed by atoms with Crippen LogP contribution in [0.25, 0.3) is 0 Å². The highest BCUT2D eigenvalue weighted by Gasteiger charge is 2.05. The van der Waals surface area contributed by atoms with Crippen molar-refractivity contribution in [3.05, 3.63) is 29.8 Å². The zero-order valence-corrected chi connectivity index (χ0v) is 8.17. The molecule has 1 aromatic carbocycles. The van der Waals surface area contributed by atoms with Crippen molar-refractivity contribution in [1.82, 2.24) is 5.32 Å². The molecule has 1 N–H and O–H groups in total. The van der Waals surface area contributed by atoms with Crippen molar-refractivity contribution >= 4 is 5.91 Å². The summed E-state index contributed by atoms with van der Waals surface area (Å²) in [4.78, 5) is 11.1. The Morgan fingerprint density at radius 2 is 2.00 bits per heavy atom. The monoisotopic (exact) mass is 215 g/mol. The number of benzene rings is 1. The van der Waals surface area contributed by atoms with Gasteiger partial charge in [0, 0.05) is 12.6 Å². The second kappa shape index (κ2) is 5.29. The van der Waals surface area contributed by atoms with Crippen LogP contribution < -0.4 is 10.1 Å². The summed E-state index contributed by atoms with van der Waals surface area (Å²) in [7, 11) is 1.52. The molecule has 0 unspecified atom stereocenters. The van der Waals surface area contributed by atoms with Gasteiger partial charge >= 0.3 is 0 Å². The van der Waals surface area contributed by atoms with Crippen LogP contribution in [0.5, 0.6) is 5.75 Å². The van der Waals surface area contributed by atoms with Gasteiger partial charge in [-0.2, -0.15) is 0 Å². The van der Waals surface area contributed by atoms with E-state index in [1.165, 1.54) is 31.3 Å². The molecule has 15 heavy (non-hydrogen) atoms. The third-order valence-electron chi connectivity index (χ3n) is 1.72. The molecule has 5 heteroatoms. The lowest BCUT2D eigenvalue weighted by molar-refractivity contribution is 0.0818. The molecule has 0 fully saturated rings. The maximum atomic E-state index is 11.8. The molecule has 0 aliphatic heterocycles. The van der Waals surface area contributed by atoms with Crippen LogP contribution in [0.1, 0.15) is 10.4 Å². The highest BCUT2D eigenvalue weighted by Crippen LogP contribution is 2.12. The first-order chi connectivity index (χ1) is 7.13. The van der Waals surface area contributed by atoms with Crippen molar-refractivity contribution in [3.8, 4) is 5.75 Å². The number of halogens is 2. The summed E-state index contributed by atoms with van der Waals surface area (Å²) in [5.41, 5.74) is 0.460. The Morgan fingerprint density at radius 1 is 1.40 bits per heavy atom. The topological polar surface area (TPSA) is 38.3 Å². The van der Waals surface area contributed by atoms with E-state index < -0.39 is 13.0 Å². The van der Waals surface area contributed by atoms with Gasteiger partial charge in [0.1, 0.15) is 12.4 Å². The zero-order valence-electron chi connectivity index (χ0n) is 8.17. The Bertz CT molecular complexity index is 325. The summed E-state index contributed by atoms with van der Waals surface area (Å²) in [6.07, 6.45) is -2.50. The molecule has 1 amide bonds. The molecule has 0 aliphatic carbocycles. The summed E-state index contributed by atoms with van der Waals surface area (Å²) in [6, 6.07) is 5.99. The maximum absolute atomic E-state index is 11.8. The molecule has 0 atom stereocenters. The Morgan fingerprint density at radius 3 is 2.47 bits per heavy atom. The van der Waals surface area contributed by atoms with Crippen LogP contribution in [-0.4, -0.2) is 26.0 Å². The molecule has 1 aromatic rings. The first-order valence-electron chi connectivity index (χ1n) is 4.36. The fourth-order valence-corrected chi connectivity index (χ4v) is 1.01. The fourth-order valence-electron chi connectivity index (χ4n) is 1.01. The van der Waals surface area contributed by atoms with E-state index in [9.17, 15) is 13.6 Å². The molecule has 0 aliphatic rings. The number of amides is 1. The molecule has 82 valence electrons. The lowest BCUT2D eigenvalue weighted by atomic mass is 10.2. The Hall–Kier alpha value is -1.65. The van der Waals surface area contributed by atoms with Crippen LogP contribution >= 0.6 is 0 Å². The minimum atomic E-state index is -2.50. The molecular weight excluding hydrogens is 204 g/mol. The third kappa shape index (κ3) is 3.53. The fraction of sp³-hybridized carbons (Fsp3) is 0.300. The molecule has 0 radical (unpaired) electrons. The van der Waals surface area contributed by atoms with E-state index in [-0.39, 0.29) is 5.91 Å². The van der Waals surface area contributed by atoms with Crippen molar-refractivity contribution in [1.29, 1.82) is 0 Å². The van der Waals surface area contributed by atoms with Crippen molar-refractivity contribution in [2.75, 3.05) is 13.7 Å². The Kier molecular flexibility index (Phi) is 4.03. The zero-order chi connectivity index (χ0) is 11.3. The number of alkyl halides is 2. The summed E-state index contributed by atoms with van der Waals surface area (Å²) >= 11 is 0. The van der Waals surface area contributed by atoms with Gasteiger partial charge in [-0.1, -0.05) is 0 Å². The van der Waals surface area contributed by atoms with Gasteiger partial charge in [-0.25, -0.2) is 8.78 Å².